The van der Waals surface area contributed by atoms with Crippen molar-refractivity contribution in [1.29, 1.82) is 0 Å². The van der Waals surface area contributed by atoms with Crippen molar-refractivity contribution in [2.24, 2.45) is 0 Å². The first-order chi connectivity index (χ1) is 12.5. The van der Waals surface area contributed by atoms with Gasteiger partial charge in [-0.05, 0) is 57.2 Å². The molecule has 0 aromatic heterocycles. The van der Waals surface area contributed by atoms with E-state index >= 15 is 0 Å². The van der Waals surface area contributed by atoms with Gasteiger partial charge >= 0.3 is 0 Å². The van der Waals surface area contributed by atoms with Gasteiger partial charge in [-0.1, -0.05) is 18.6 Å². The molecule has 0 heterocycles. The molecule has 0 atom stereocenters. The minimum absolute atomic E-state index is 0.116. The number of amides is 1. The monoisotopic (exact) mass is 380 g/mol. The van der Waals surface area contributed by atoms with E-state index < -0.39 is 10.0 Å². The summed E-state index contributed by atoms with van der Waals surface area (Å²) in [6.07, 6.45) is 7.78. The molecule has 0 saturated heterocycles. The van der Waals surface area contributed by atoms with E-state index in [1.807, 2.05) is 6.92 Å². The van der Waals surface area contributed by atoms with Gasteiger partial charge in [0.25, 0.3) is 0 Å². The maximum atomic E-state index is 12.6. The minimum Gasteiger partial charge on any atom is -0.492 e. The fraction of sp³-hybridized carbons (Fsp3) is 0.526. The van der Waals surface area contributed by atoms with Crippen molar-refractivity contribution < 1.29 is 17.9 Å². The van der Waals surface area contributed by atoms with Gasteiger partial charge in [-0.2, -0.15) is 0 Å². The second-order valence-corrected chi connectivity index (χ2v) is 8.02. The molecule has 0 radical (unpaired) electrons. The molecule has 1 aromatic rings. The van der Waals surface area contributed by atoms with Crippen molar-refractivity contribution in [1.82, 2.24) is 4.72 Å². The van der Waals surface area contributed by atoms with Crippen molar-refractivity contribution in [3.8, 4) is 5.75 Å². The minimum atomic E-state index is -3.64. The standard InChI is InChI=1S/C19H28N2O4S/c1-3-19(22)21-17-14-16(10-11-18(17)25-4-2)26(23,24)20-13-12-15-8-6-5-7-9-15/h8,10-11,14,20H,3-7,9,12-13H2,1-2H3,(H,21,22). The summed E-state index contributed by atoms with van der Waals surface area (Å²) >= 11 is 0. The average Bonchev–Trinajstić information content (AvgIpc) is 2.64. The van der Waals surface area contributed by atoms with Crippen LogP contribution in [0.15, 0.2) is 34.7 Å². The molecular weight excluding hydrogens is 352 g/mol. The molecule has 0 saturated carbocycles. The molecule has 7 heteroatoms. The van der Waals surface area contributed by atoms with Crippen LogP contribution in [0, 0.1) is 0 Å². The van der Waals surface area contributed by atoms with E-state index in [1.54, 1.807) is 13.0 Å². The van der Waals surface area contributed by atoms with Crippen LogP contribution in [0.25, 0.3) is 0 Å². The van der Waals surface area contributed by atoms with Gasteiger partial charge in [0.15, 0.2) is 0 Å². The highest BCUT2D eigenvalue weighted by Crippen LogP contribution is 2.28. The Hall–Kier alpha value is -1.86. The van der Waals surface area contributed by atoms with Gasteiger partial charge in [-0.15, -0.1) is 0 Å². The fourth-order valence-corrected chi connectivity index (χ4v) is 3.91. The number of hydrogen-bond donors (Lipinski definition) is 2. The lowest BCUT2D eigenvalue weighted by Crippen LogP contribution is -2.25. The Morgan fingerprint density at radius 2 is 2.04 bits per heavy atom. The summed E-state index contributed by atoms with van der Waals surface area (Å²) in [4.78, 5) is 11.8. The molecule has 0 spiro atoms. The molecule has 1 amide bonds. The van der Waals surface area contributed by atoms with Crippen molar-refractivity contribution >= 4 is 21.6 Å². The summed E-state index contributed by atoms with van der Waals surface area (Å²) in [6.45, 7) is 4.36. The Labute approximate surface area is 156 Å². The topological polar surface area (TPSA) is 84.5 Å². The first-order valence-corrected chi connectivity index (χ1v) is 10.7. The fourth-order valence-electron chi connectivity index (χ4n) is 2.85. The van der Waals surface area contributed by atoms with Crippen LogP contribution in [0.1, 0.15) is 52.4 Å². The Kier molecular flexibility index (Phi) is 7.66. The molecule has 1 aromatic carbocycles. The second kappa shape index (κ2) is 9.73. The van der Waals surface area contributed by atoms with Crippen LogP contribution in [0.2, 0.25) is 0 Å². The third-order valence-electron chi connectivity index (χ3n) is 4.28. The lowest BCUT2D eigenvalue weighted by Gasteiger charge is -2.15. The van der Waals surface area contributed by atoms with E-state index in [0.29, 0.717) is 31.0 Å². The van der Waals surface area contributed by atoms with Gasteiger partial charge in [-0.3, -0.25) is 4.79 Å². The number of hydrogen-bond acceptors (Lipinski definition) is 4. The zero-order chi connectivity index (χ0) is 19.0. The maximum absolute atomic E-state index is 12.6. The van der Waals surface area contributed by atoms with E-state index in [4.69, 9.17) is 4.74 Å². The number of sulfonamides is 1. The zero-order valence-corrected chi connectivity index (χ0v) is 16.3. The van der Waals surface area contributed by atoms with Gasteiger partial charge < -0.3 is 10.1 Å². The second-order valence-electron chi connectivity index (χ2n) is 6.25. The van der Waals surface area contributed by atoms with Gasteiger partial charge in [0.1, 0.15) is 5.75 Å². The first-order valence-electron chi connectivity index (χ1n) is 9.20. The van der Waals surface area contributed by atoms with Crippen molar-refractivity contribution in [3.05, 3.63) is 29.8 Å². The third-order valence-corrected chi connectivity index (χ3v) is 5.74. The normalized spacial score (nSPS) is 14.6. The third kappa shape index (κ3) is 5.85. The molecule has 0 fully saturated rings. The number of allylic oxidation sites excluding steroid dienone is 1. The molecule has 1 aliphatic rings. The van der Waals surface area contributed by atoms with Crippen LogP contribution in [0.4, 0.5) is 5.69 Å². The van der Waals surface area contributed by atoms with Gasteiger partial charge in [-0.25, -0.2) is 13.1 Å². The molecule has 1 aliphatic carbocycles. The van der Waals surface area contributed by atoms with E-state index in [-0.39, 0.29) is 10.8 Å². The molecule has 144 valence electrons. The van der Waals surface area contributed by atoms with E-state index in [0.717, 1.165) is 19.3 Å². The first kappa shape index (κ1) is 20.5. The Bertz CT molecular complexity index is 757. The lowest BCUT2D eigenvalue weighted by molar-refractivity contribution is -0.115. The van der Waals surface area contributed by atoms with Crippen LogP contribution in [0.5, 0.6) is 5.75 Å². The summed E-state index contributed by atoms with van der Waals surface area (Å²) in [5.41, 5.74) is 1.69. The van der Waals surface area contributed by atoms with Gasteiger partial charge in [0, 0.05) is 13.0 Å². The SMILES string of the molecule is CCOc1ccc(S(=O)(=O)NCCC2=CCCCC2)cc1NC(=O)CC. The van der Waals surface area contributed by atoms with Crippen LogP contribution >= 0.6 is 0 Å². The molecule has 26 heavy (non-hydrogen) atoms. The van der Waals surface area contributed by atoms with Crippen molar-refractivity contribution in [2.75, 3.05) is 18.5 Å². The van der Waals surface area contributed by atoms with Crippen LogP contribution in [-0.2, 0) is 14.8 Å². The highest BCUT2D eigenvalue weighted by Gasteiger charge is 2.17. The quantitative estimate of drug-likeness (QED) is 0.641. The highest BCUT2D eigenvalue weighted by atomic mass is 32.2. The van der Waals surface area contributed by atoms with Crippen LogP contribution in [-0.4, -0.2) is 27.5 Å². The summed E-state index contributed by atoms with van der Waals surface area (Å²) in [5, 5.41) is 2.70. The molecule has 0 aliphatic heterocycles. The van der Waals surface area contributed by atoms with Crippen LogP contribution < -0.4 is 14.8 Å². The summed E-state index contributed by atoms with van der Waals surface area (Å²) < 4.78 is 33.3. The number of carbonyl (C=O) groups is 1. The molecular formula is C19H28N2O4S. The van der Waals surface area contributed by atoms with Gasteiger partial charge in [0.05, 0.1) is 17.2 Å². The van der Waals surface area contributed by atoms with E-state index in [9.17, 15) is 13.2 Å². The Balaban J connectivity index is 2.10. The zero-order valence-electron chi connectivity index (χ0n) is 15.5. The van der Waals surface area contributed by atoms with E-state index in [2.05, 4.69) is 16.1 Å². The highest BCUT2D eigenvalue weighted by molar-refractivity contribution is 7.89. The predicted molar refractivity (Wildman–Crippen MR) is 103 cm³/mol. The van der Waals surface area contributed by atoms with Crippen LogP contribution in [0.3, 0.4) is 0 Å². The number of nitrogens with one attached hydrogen (secondary N) is 2. The van der Waals surface area contributed by atoms with Gasteiger partial charge in [0.2, 0.25) is 15.9 Å². The predicted octanol–water partition coefficient (Wildman–Crippen LogP) is 3.60. The average molecular weight is 381 g/mol. The molecule has 2 N–H and O–H groups in total. The largest absolute Gasteiger partial charge is 0.492 e. The summed E-state index contributed by atoms with van der Waals surface area (Å²) in [5.74, 6) is 0.262. The van der Waals surface area contributed by atoms with E-state index in [1.165, 1.54) is 30.5 Å². The number of carbonyl (C=O) groups excluding carboxylic acids is 1. The molecule has 6 nitrogen and oxygen atoms in total. The molecule has 0 bridgehead atoms. The number of ether oxygens (including phenoxy) is 1. The van der Waals surface area contributed by atoms with Crippen molar-refractivity contribution in [2.45, 2.75) is 57.3 Å². The summed E-state index contributed by atoms with van der Waals surface area (Å²) in [6, 6.07) is 4.52. The number of anilines is 1. The maximum Gasteiger partial charge on any atom is 0.240 e. The Morgan fingerprint density at radius 1 is 1.23 bits per heavy atom. The lowest BCUT2D eigenvalue weighted by atomic mass is 9.97. The summed E-state index contributed by atoms with van der Waals surface area (Å²) in [7, 11) is -3.64. The Morgan fingerprint density at radius 3 is 2.69 bits per heavy atom. The molecule has 0 unspecified atom stereocenters. The smallest absolute Gasteiger partial charge is 0.240 e. The molecule has 2 rings (SSSR count). The van der Waals surface area contributed by atoms with Crippen molar-refractivity contribution in [3.63, 3.8) is 0 Å². The number of benzene rings is 1. The number of rotatable bonds is 9.